The molecule has 0 saturated heterocycles. The number of amides is 1. The minimum absolute atomic E-state index is 0.0898. The Labute approximate surface area is 125 Å². The maximum atomic E-state index is 12.7. The van der Waals surface area contributed by atoms with Gasteiger partial charge in [-0.05, 0) is 25.0 Å². The largest absolute Gasteiger partial charge is 0.398 e. The lowest BCUT2D eigenvalue weighted by molar-refractivity contribution is 0.0589. The Morgan fingerprint density at radius 1 is 1.40 bits per heavy atom. The van der Waals surface area contributed by atoms with E-state index in [9.17, 15) is 4.79 Å². The van der Waals surface area contributed by atoms with Crippen LogP contribution in [-0.4, -0.2) is 37.1 Å². The van der Waals surface area contributed by atoms with Crippen molar-refractivity contribution in [3.8, 4) is 0 Å². The van der Waals surface area contributed by atoms with Crippen LogP contribution in [0.2, 0.25) is 5.02 Å². The van der Waals surface area contributed by atoms with Crippen molar-refractivity contribution >= 4 is 23.2 Å². The van der Waals surface area contributed by atoms with Crippen molar-refractivity contribution in [2.24, 2.45) is 0 Å². The maximum Gasteiger partial charge on any atom is 0.255 e. The molecular formula is C15H23ClN2O2. The van der Waals surface area contributed by atoms with Gasteiger partial charge in [0.25, 0.3) is 5.91 Å². The molecule has 0 aliphatic heterocycles. The lowest BCUT2D eigenvalue weighted by Crippen LogP contribution is -2.42. The fourth-order valence-electron chi connectivity index (χ4n) is 2.24. The minimum Gasteiger partial charge on any atom is -0.398 e. The van der Waals surface area contributed by atoms with Gasteiger partial charge in [-0.2, -0.15) is 0 Å². The van der Waals surface area contributed by atoms with Gasteiger partial charge in [-0.1, -0.05) is 31.5 Å². The van der Waals surface area contributed by atoms with Gasteiger partial charge in [0.05, 0.1) is 22.9 Å². The Bertz CT molecular complexity index is 447. The molecule has 1 rings (SSSR count). The smallest absolute Gasteiger partial charge is 0.255 e. The summed E-state index contributed by atoms with van der Waals surface area (Å²) in [6.07, 6.45) is 1.79. The monoisotopic (exact) mass is 298 g/mol. The zero-order chi connectivity index (χ0) is 15.1. The van der Waals surface area contributed by atoms with E-state index in [0.717, 1.165) is 12.8 Å². The molecule has 20 heavy (non-hydrogen) atoms. The number of benzene rings is 1. The van der Waals surface area contributed by atoms with Gasteiger partial charge in [-0.15, -0.1) is 0 Å². The third kappa shape index (κ3) is 3.87. The highest BCUT2D eigenvalue weighted by Gasteiger charge is 2.24. The summed E-state index contributed by atoms with van der Waals surface area (Å²) in [6.45, 7) is 5.19. The van der Waals surface area contributed by atoms with Crippen LogP contribution in [0.25, 0.3) is 0 Å². The molecule has 5 heteroatoms. The molecule has 2 N–H and O–H groups in total. The van der Waals surface area contributed by atoms with Gasteiger partial charge in [0.15, 0.2) is 0 Å². The van der Waals surface area contributed by atoms with E-state index in [4.69, 9.17) is 22.1 Å². The number of hydrogen-bond acceptors (Lipinski definition) is 3. The van der Waals surface area contributed by atoms with E-state index in [2.05, 4.69) is 13.8 Å². The third-order valence-corrected chi connectivity index (χ3v) is 3.86. The molecule has 0 aliphatic carbocycles. The number of nitrogens with zero attached hydrogens (tertiary/aromatic N) is 1. The normalized spacial score (nSPS) is 10.8. The van der Waals surface area contributed by atoms with Crippen LogP contribution >= 0.6 is 11.6 Å². The van der Waals surface area contributed by atoms with Gasteiger partial charge in [0.1, 0.15) is 0 Å². The fourth-order valence-corrected chi connectivity index (χ4v) is 2.45. The van der Waals surface area contributed by atoms with Crippen LogP contribution < -0.4 is 5.73 Å². The molecule has 4 nitrogen and oxygen atoms in total. The van der Waals surface area contributed by atoms with Crippen LogP contribution in [0.5, 0.6) is 0 Å². The lowest BCUT2D eigenvalue weighted by Gasteiger charge is -2.30. The Balaban J connectivity index is 3.05. The SMILES string of the molecule is CCC(CC)N(CCOC)C(=O)c1cccc(N)c1Cl. The number of nitrogens with two attached hydrogens (primary N) is 1. The molecule has 0 radical (unpaired) electrons. The molecule has 0 spiro atoms. The first kappa shape index (κ1) is 16.8. The quantitative estimate of drug-likeness (QED) is 0.787. The highest BCUT2D eigenvalue weighted by atomic mass is 35.5. The molecule has 0 aromatic heterocycles. The summed E-state index contributed by atoms with van der Waals surface area (Å²) in [7, 11) is 1.63. The second-order valence-electron chi connectivity index (χ2n) is 4.67. The van der Waals surface area contributed by atoms with Crippen LogP contribution in [-0.2, 0) is 4.74 Å². The molecular weight excluding hydrogens is 276 g/mol. The van der Waals surface area contributed by atoms with Crippen LogP contribution in [0.4, 0.5) is 5.69 Å². The van der Waals surface area contributed by atoms with Gasteiger partial charge in [-0.3, -0.25) is 4.79 Å². The molecule has 0 aliphatic rings. The molecule has 0 unspecified atom stereocenters. The number of carbonyl (C=O) groups excluding carboxylic acids is 1. The standard InChI is InChI=1S/C15H23ClN2O2/c1-4-11(5-2)18(9-10-20-3)15(19)12-7-6-8-13(17)14(12)16/h6-8,11H,4-5,9-10,17H2,1-3H3. The van der Waals surface area contributed by atoms with Crippen molar-refractivity contribution in [1.82, 2.24) is 4.90 Å². The number of ether oxygens (including phenoxy) is 1. The predicted molar refractivity (Wildman–Crippen MR) is 83.1 cm³/mol. The summed E-state index contributed by atoms with van der Waals surface area (Å²) < 4.78 is 5.10. The molecule has 1 aromatic carbocycles. The highest BCUT2D eigenvalue weighted by Crippen LogP contribution is 2.25. The molecule has 112 valence electrons. The van der Waals surface area contributed by atoms with Crippen molar-refractivity contribution in [2.75, 3.05) is 26.0 Å². The Hall–Kier alpha value is -1.26. The molecule has 1 aromatic rings. The average Bonchev–Trinajstić information content (AvgIpc) is 2.45. The summed E-state index contributed by atoms with van der Waals surface area (Å²) in [5, 5.41) is 0.325. The number of rotatable bonds is 7. The first-order valence-corrected chi connectivity index (χ1v) is 7.28. The van der Waals surface area contributed by atoms with Crippen LogP contribution in [0.15, 0.2) is 18.2 Å². The third-order valence-electron chi connectivity index (χ3n) is 3.44. The second-order valence-corrected chi connectivity index (χ2v) is 5.05. The summed E-state index contributed by atoms with van der Waals surface area (Å²) in [5.74, 6) is -0.0898. The van der Waals surface area contributed by atoms with Crippen molar-refractivity contribution in [3.63, 3.8) is 0 Å². The Morgan fingerprint density at radius 3 is 2.60 bits per heavy atom. The van der Waals surface area contributed by atoms with Crippen molar-refractivity contribution in [1.29, 1.82) is 0 Å². The summed E-state index contributed by atoms with van der Waals surface area (Å²) in [4.78, 5) is 14.5. The first-order chi connectivity index (χ1) is 9.56. The van der Waals surface area contributed by atoms with E-state index >= 15 is 0 Å². The summed E-state index contributed by atoms with van der Waals surface area (Å²) in [6, 6.07) is 5.32. The number of nitrogen functional groups attached to an aromatic ring is 1. The lowest BCUT2D eigenvalue weighted by atomic mass is 10.1. The Morgan fingerprint density at radius 2 is 2.05 bits per heavy atom. The molecule has 0 heterocycles. The second kappa shape index (κ2) is 8.12. The molecule has 0 atom stereocenters. The zero-order valence-corrected chi connectivity index (χ0v) is 13.1. The number of methoxy groups -OCH3 is 1. The number of carbonyl (C=O) groups is 1. The molecule has 0 fully saturated rings. The van der Waals surface area contributed by atoms with E-state index in [-0.39, 0.29) is 11.9 Å². The number of anilines is 1. The Kier molecular flexibility index (Phi) is 6.82. The summed E-state index contributed by atoms with van der Waals surface area (Å²) in [5.41, 5.74) is 6.65. The van der Waals surface area contributed by atoms with E-state index in [1.54, 1.807) is 25.3 Å². The number of halogens is 1. The van der Waals surface area contributed by atoms with Crippen molar-refractivity contribution in [3.05, 3.63) is 28.8 Å². The van der Waals surface area contributed by atoms with Crippen LogP contribution in [0.3, 0.4) is 0 Å². The highest BCUT2D eigenvalue weighted by molar-refractivity contribution is 6.36. The maximum absolute atomic E-state index is 12.7. The minimum atomic E-state index is -0.0898. The van der Waals surface area contributed by atoms with Crippen LogP contribution in [0, 0.1) is 0 Å². The number of hydrogen-bond donors (Lipinski definition) is 1. The van der Waals surface area contributed by atoms with E-state index < -0.39 is 0 Å². The van der Waals surface area contributed by atoms with Gasteiger partial charge in [0.2, 0.25) is 0 Å². The van der Waals surface area contributed by atoms with Gasteiger partial charge in [-0.25, -0.2) is 0 Å². The predicted octanol–water partition coefficient (Wildman–Crippen LogP) is 3.20. The summed E-state index contributed by atoms with van der Waals surface area (Å²) >= 11 is 6.15. The zero-order valence-electron chi connectivity index (χ0n) is 12.4. The molecule has 0 bridgehead atoms. The van der Waals surface area contributed by atoms with Gasteiger partial charge >= 0.3 is 0 Å². The van der Waals surface area contributed by atoms with Crippen LogP contribution in [0.1, 0.15) is 37.0 Å². The van der Waals surface area contributed by atoms with Gasteiger partial charge in [0, 0.05) is 19.7 Å². The van der Waals surface area contributed by atoms with Crippen molar-refractivity contribution < 1.29 is 9.53 Å². The van der Waals surface area contributed by atoms with Gasteiger partial charge < -0.3 is 15.4 Å². The van der Waals surface area contributed by atoms with E-state index in [1.165, 1.54) is 0 Å². The van der Waals surface area contributed by atoms with E-state index in [0.29, 0.717) is 29.4 Å². The van der Waals surface area contributed by atoms with Crippen molar-refractivity contribution in [2.45, 2.75) is 32.7 Å². The topological polar surface area (TPSA) is 55.6 Å². The molecule has 1 amide bonds. The first-order valence-electron chi connectivity index (χ1n) is 6.90. The fraction of sp³-hybridized carbons (Fsp3) is 0.533. The average molecular weight is 299 g/mol. The van der Waals surface area contributed by atoms with E-state index in [1.807, 2.05) is 4.90 Å². The molecule has 0 saturated carbocycles.